The van der Waals surface area contributed by atoms with Crippen molar-refractivity contribution >= 4 is 52.4 Å². The normalized spacial score (nSPS) is 12.4. The van der Waals surface area contributed by atoms with E-state index in [1.807, 2.05) is 11.9 Å². The van der Waals surface area contributed by atoms with Gasteiger partial charge in [-0.2, -0.15) is 9.97 Å². The third-order valence-electron chi connectivity index (χ3n) is 5.47. The van der Waals surface area contributed by atoms with Gasteiger partial charge in [-0.05, 0) is 37.6 Å². The van der Waals surface area contributed by atoms with E-state index in [1.54, 1.807) is 30.5 Å². The molecule has 0 bridgehead atoms. The molecule has 2 amide bonds. The second-order valence-electron chi connectivity index (χ2n) is 8.43. The van der Waals surface area contributed by atoms with E-state index >= 15 is 0 Å². The summed E-state index contributed by atoms with van der Waals surface area (Å²) in [5, 5.41) is 22.7. The Labute approximate surface area is 216 Å². The predicted octanol–water partition coefficient (Wildman–Crippen LogP) is -0.227. The fraction of sp³-hybridized carbons (Fsp3) is 0.304. The SMILES string of the molecule is CC(NC(=O)c1ccc(N(C)Cc2cnc3nc(N)nc(N)c3n2)cc1)C(=O)N[C@@H](CCC(=O)O)C(=O)O. The third-order valence-corrected chi connectivity index (χ3v) is 5.47. The van der Waals surface area contributed by atoms with Crippen molar-refractivity contribution in [1.82, 2.24) is 30.6 Å². The maximum absolute atomic E-state index is 12.6. The first-order chi connectivity index (χ1) is 17.9. The molecule has 0 spiro atoms. The van der Waals surface area contributed by atoms with Gasteiger partial charge in [0.2, 0.25) is 11.9 Å². The standard InChI is InChI=1S/C23H27N9O6/c1-11(20(35)29-15(22(37)38)7-8-16(33)34)27-21(36)12-3-5-14(6-4-12)32(2)10-13-9-26-19-17(28-13)18(24)30-23(25)31-19/h3-6,9,11,15H,7-8,10H2,1-2H3,(H,27,36)(H,29,35)(H,33,34)(H,37,38)(H4,24,25,26,30,31)/t11?,15-/m0/s1. The van der Waals surface area contributed by atoms with Crippen LogP contribution in [0.25, 0.3) is 11.2 Å². The summed E-state index contributed by atoms with van der Waals surface area (Å²) in [7, 11) is 1.82. The molecule has 38 heavy (non-hydrogen) atoms. The zero-order valence-corrected chi connectivity index (χ0v) is 20.6. The Hall–Kier alpha value is -5.08. The number of amides is 2. The van der Waals surface area contributed by atoms with E-state index in [0.29, 0.717) is 23.4 Å². The number of aromatic nitrogens is 4. The molecular weight excluding hydrogens is 498 g/mol. The van der Waals surface area contributed by atoms with Crippen LogP contribution in [-0.4, -0.2) is 73.0 Å². The summed E-state index contributed by atoms with van der Waals surface area (Å²) in [5.41, 5.74) is 13.7. The quantitative estimate of drug-likeness (QED) is 0.190. The highest BCUT2D eigenvalue weighted by Crippen LogP contribution is 2.18. The van der Waals surface area contributed by atoms with E-state index < -0.39 is 42.3 Å². The number of rotatable bonds is 11. The number of anilines is 3. The number of nitrogens with zero attached hydrogens (tertiary/aromatic N) is 5. The Morgan fingerprint density at radius 2 is 1.71 bits per heavy atom. The van der Waals surface area contributed by atoms with Crippen molar-refractivity contribution in [2.24, 2.45) is 0 Å². The number of carbonyl (C=O) groups is 4. The summed E-state index contributed by atoms with van der Waals surface area (Å²) < 4.78 is 0. The maximum atomic E-state index is 12.6. The molecule has 200 valence electrons. The fourth-order valence-corrected chi connectivity index (χ4v) is 3.43. The second-order valence-corrected chi connectivity index (χ2v) is 8.43. The van der Waals surface area contributed by atoms with Gasteiger partial charge in [-0.3, -0.25) is 14.4 Å². The minimum Gasteiger partial charge on any atom is -0.481 e. The van der Waals surface area contributed by atoms with Crippen molar-refractivity contribution in [2.45, 2.75) is 38.4 Å². The second kappa shape index (κ2) is 11.8. The molecule has 2 atom stereocenters. The Morgan fingerprint density at radius 3 is 2.34 bits per heavy atom. The number of carbonyl (C=O) groups excluding carboxylic acids is 2. The Balaban J connectivity index is 1.60. The van der Waals surface area contributed by atoms with Crippen LogP contribution in [0.2, 0.25) is 0 Å². The van der Waals surface area contributed by atoms with Crippen molar-refractivity contribution in [3.63, 3.8) is 0 Å². The molecule has 0 aliphatic heterocycles. The van der Waals surface area contributed by atoms with Crippen molar-refractivity contribution in [1.29, 1.82) is 0 Å². The van der Waals surface area contributed by atoms with Crippen LogP contribution in [0.15, 0.2) is 30.5 Å². The van der Waals surface area contributed by atoms with Gasteiger partial charge in [0.25, 0.3) is 5.91 Å². The van der Waals surface area contributed by atoms with Crippen molar-refractivity contribution in [3.8, 4) is 0 Å². The van der Waals surface area contributed by atoms with Crippen LogP contribution >= 0.6 is 0 Å². The first kappa shape index (κ1) is 27.5. The lowest BCUT2D eigenvalue weighted by Gasteiger charge is -2.20. The summed E-state index contributed by atoms with van der Waals surface area (Å²) in [6.07, 6.45) is 0.839. The highest BCUT2D eigenvalue weighted by molar-refractivity contribution is 5.98. The molecule has 15 nitrogen and oxygen atoms in total. The minimum atomic E-state index is -1.39. The number of hydrogen-bond donors (Lipinski definition) is 6. The number of aliphatic carboxylic acids is 2. The Bertz CT molecular complexity index is 1370. The topological polar surface area (TPSA) is 240 Å². The number of carboxylic acid groups (broad SMARTS) is 2. The molecule has 0 fully saturated rings. The summed E-state index contributed by atoms with van der Waals surface area (Å²) in [4.78, 5) is 65.3. The molecule has 0 aliphatic rings. The van der Waals surface area contributed by atoms with Crippen LogP contribution < -0.4 is 27.0 Å². The van der Waals surface area contributed by atoms with Crippen LogP contribution in [0.3, 0.4) is 0 Å². The third kappa shape index (κ3) is 6.99. The van der Waals surface area contributed by atoms with Gasteiger partial charge in [0.15, 0.2) is 17.0 Å². The molecule has 0 saturated heterocycles. The molecule has 2 aromatic heterocycles. The van der Waals surface area contributed by atoms with Crippen LogP contribution in [0.4, 0.5) is 17.5 Å². The number of hydrogen-bond acceptors (Lipinski definition) is 11. The van der Waals surface area contributed by atoms with Gasteiger partial charge < -0.3 is 37.2 Å². The average Bonchev–Trinajstić information content (AvgIpc) is 2.86. The first-order valence-corrected chi connectivity index (χ1v) is 11.4. The van der Waals surface area contributed by atoms with Gasteiger partial charge in [-0.25, -0.2) is 14.8 Å². The molecule has 0 radical (unpaired) electrons. The molecule has 0 saturated carbocycles. The minimum absolute atomic E-state index is 0.00788. The lowest BCUT2D eigenvalue weighted by atomic mass is 10.1. The molecular formula is C23H27N9O6. The lowest BCUT2D eigenvalue weighted by Crippen LogP contribution is -2.50. The van der Waals surface area contributed by atoms with Gasteiger partial charge in [0, 0.05) is 24.7 Å². The molecule has 1 unspecified atom stereocenters. The molecule has 15 heteroatoms. The van der Waals surface area contributed by atoms with Crippen LogP contribution in [0, 0.1) is 0 Å². The summed E-state index contributed by atoms with van der Waals surface area (Å²) in [6, 6.07) is 4.10. The van der Waals surface area contributed by atoms with E-state index in [0.717, 1.165) is 5.69 Å². The monoisotopic (exact) mass is 525 g/mol. The van der Waals surface area contributed by atoms with E-state index in [-0.39, 0.29) is 23.8 Å². The number of carboxylic acids is 2. The largest absolute Gasteiger partial charge is 0.481 e. The number of nitrogen functional groups attached to an aromatic ring is 2. The summed E-state index contributed by atoms with van der Waals surface area (Å²) in [5.74, 6) is -3.72. The summed E-state index contributed by atoms with van der Waals surface area (Å²) in [6.45, 7) is 1.75. The van der Waals surface area contributed by atoms with E-state index in [4.69, 9.17) is 16.6 Å². The molecule has 1 aromatic carbocycles. The van der Waals surface area contributed by atoms with Gasteiger partial charge >= 0.3 is 11.9 Å². The van der Waals surface area contributed by atoms with E-state index in [1.165, 1.54) is 6.92 Å². The van der Waals surface area contributed by atoms with Crippen LogP contribution in [-0.2, 0) is 20.9 Å². The number of nitrogens with one attached hydrogen (secondary N) is 2. The highest BCUT2D eigenvalue weighted by atomic mass is 16.4. The molecule has 3 rings (SSSR count). The van der Waals surface area contributed by atoms with Crippen molar-refractivity contribution in [3.05, 3.63) is 41.7 Å². The predicted molar refractivity (Wildman–Crippen MR) is 136 cm³/mol. The zero-order chi connectivity index (χ0) is 28.0. The van der Waals surface area contributed by atoms with E-state index in [9.17, 15) is 24.3 Å². The zero-order valence-electron chi connectivity index (χ0n) is 20.6. The first-order valence-electron chi connectivity index (χ1n) is 11.4. The smallest absolute Gasteiger partial charge is 0.326 e. The van der Waals surface area contributed by atoms with Gasteiger partial charge in [-0.15, -0.1) is 0 Å². The molecule has 3 aromatic rings. The molecule has 2 heterocycles. The van der Waals surface area contributed by atoms with Gasteiger partial charge in [0.05, 0.1) is 18.4 Å². The highest BCUT2D eigenvalue weighted by Gasteiger charge is 2.24. The van der Waals surface area contributed by atoms with Gasteiger partial charge in [0.1, 0.15) is 12.1 Å². The van der Waals surface area contributed by atoms with Crippen molar-refractivity contribution < 1.29 is 29.4 Å². The number of fused-ring (bicyclic) bond motifs is 1. The lowest BCUT2D eigenvalue weighted by molar-refractivity contribution is -0.143. The summed E-state index contributed by atoms with van der Waals surface area (Å²) >= 11 is 0. The maximum Gasteiger partial charge on any atom is 0.326 e. The number of nitrogens with two attached hydrogens (primary N) is 2. The fourth-order valence-electron chi connectivity index (χ4n) is 3.43. The Morgan fingerprint density at radius 1 is 1.03 bits per heavy atom. The van der Waals surface area contributed by atoms with E-state index in [2.05, 4.69) is 30.6 Å². The van der Waals surface area contributed by atoms with Crippen LogP contribution in [0.5, 0.6) is 0 Å². The Kier molecular flexibility index (Phi) is 8.52. The van der Waals surface area contributed by atoms with Gasteiger partial charge in [-0.1, -0.05) is 0 Å². The average molecular weight is 526 g/mol. The number of benzene rings is 1. The molecule has 0 aliphatic carbocycles. The molecule has 8 N–H and O–H groups in total. The van der Waals surface area contributed by atoms with Crippen LogP contribution in [0.1, 0.15) is 35.8 Å². The van der Waals surface area contributed by atoms with Crippen molar-refractivity contribution in [2.75, 3.05) is 23.4 Å².